The van der Waals surface area contributed by atoms with Crippen molar-refractivity contribution in [1.29, 1.82) is 0 Å². The number of aliphatic imine (C=N–C) groups is 1. The molecule has 0 bridgehead atoms. The molecule has 8 rings (SSSR count). The molecule has 0 radical (unpaired) electrons. The maximum atomic E-state index is 14.0. The maximum absolute atomic E-state index is 14.0. The van der Waals surface area contributed by atoms with Crippen molar-refractivity contribution in [3.8, 4) is 28.1 Å². The van der Waals surface area contributed by atoms with Gasteiger partial charge in [-0.15, -0.1) is 0 Å². The molecule has 1 aliphatic heterocycles. The van der Waals surface area contributed by atoms with Crippen molar-refractivity contribution in [2.45, 2.75) is 20.8 Å². The Balaban J connectivity index is 1.40. The van der Waals surface area contributed by atoms with Crippen molar-refractivity contribution >= 4 is 40.7 Å². The number of nitrogens with one attached hydrogen (secondary N) is 3. The van der Waals surface area contributed by atoms with E-state index in [4.69, 9.17) is 19.7 Å². The first-order valence-electron chi connectivity index (χ1n) is 18.9. The quantitative estimate of drug-likeness (QED) is 0.135. The normalized spacial score (nSPS) is 13.0. The lowest BCUT2D eigenvalue weighted by atomic mass is 9.94. The van der Waals surface area contributed by atoms with Crippen LogP contribution < -0.4 is 15.4 Å². The summed E-state index contributed by atoms with van der Waals surface area (Å²) in [7, 11) is 1.60. The number of H-pyrrole nitrogens is 1. The summed E-state index contributed by atoms with van der Waals surface area (Å²) in [6, 6.07) is 42.4. The molecule has 284 valence electrons. The number of benzene rings is 4. The Morgan fingerprint density at radius 1 is 0.621 bits per heavy atom. The molecule has 0 spiro atoms. The third-order valence-electron chi connectivity index (χ3n) is 10.1. The van der Waals surface area contributed by atoms with Crippen LogP contribution in [0.25, 0.3) is 39.6 Å². The van der Waals surface area contributed by atoms with Gasteiger partial charge in [0, 0.05) is 40.7 Å². The number of aromatic nitrogens is 3. The molecule has 4 aromatic carbocycles. The summed E-state index contributed by atoms with van der Waals surface area (Å²) in [6.45, 7) is 5.83. The van der Waals surface area contributed by atoms with Crippen LogP contribution in [0.2, 0.25) is 0 Å². The minimum absolute atomic E-state index is 0.261. The van der Waals surface area contributed by atoms with Crippen LogP contribution in [0, 0.1) is 20.8 Å². The van der Waals surface area contributed by atoms with Gasteiger partial charge in [0.25, 0.3) is 11.8 Å². The lowest BCUT2D eigenvalue weighted by Crippen LogP contribution is -2.31. The number of pyridine rings is 2. The van der Waals surface area contributed by atoms with E-state index in [2.05, 4.69) is 15.6 Å². The third kappa shape index (κ3) is 7.48. The van der Waals surface area contributed by atoms with E-state index in [9.17, 15) is 9.59 Å². The number of nitrogens with zero attached hydrogens (tertiary/aromatic N) is 3. The molecule has 1 aliphatic rings. The van der Waals surface area contributed by atoms with Crippen LogP contribution in [0.4, 0.5) is 5.82 Å². The number of carbonyl (C=O) groups is 2. The number of amidine groups is 1. The summed E-state index contributed by atoms with van der Waals surface area (Å²) in [5.41, 5.74) is 10.9. The van der Waals surface area contributed by atoms with E-state index >= 15 is 0 Å². The van der Waals surface area contributed by atoms with Crippen molar-refractivity contribution in [2.75, 3.05) is 12.4 Å². The van der Waals surface area contributed by atoms with Crippen LogP contribution in [-0.2, 0) is 0 Å². The summed E-state index contributed by atoms with van der Waals surface area (Å²) in [6.07, 6.45) is 5.40. The van der Waals surface area contributed by atoms with Gasteiger partial charge in [0.1, 0.15) is 17.4 Å². The van der Waals surface area contributed by atoms with Crippen molar-refractivity contribution in [3.63, 3.8) is 0 Å². The maximum Gasteiger partial charge on any atom is 0.257 e. The molecule has 2 amide bonds. The van der Waals surface area contributed by atoms with Gasteiger partial charge < -0.3 is 20.4 Å². The van der Waals surface area contributed by atoms with Crippen LogP contribution >= 0.6 is 0 Å². The number of aryl methyl sites for hydroxylation is 3. The lowest BCUT2D eigenvalue weighted by Gasteiger charge is -2.13. The van der Waals surface area contributed by atoms with E-state index in [0.29, 0.717) is 56.9 Å². The average molecular weight is 761 g/mol. The smallest absolute Gasteiger partial charge is 0.257 e. The van der Waals surface area contributed by atoms with E-state index < -0.39 is 0 Å². The van der Waals surface area contributed by atoms with E-state index in [1.165, 1.54) is 0 Å². The Morgan fingerprint density at radius 3 is 1.84 bits per heavy atom. The van der Waals surface area contributed by atoms with Crippen molar-refractivity contribution in [3.05, 3.63) is 196 Å². The summed E-state index contributed by atoms with van der Waals surface area (Å²) in [5, 5.41) is 6.33. The molecule has 0 aliphatic carbocycles. The zero-order chi connectivity index (χ0) is 40.2. The highest BCUT2D eigenvalue weighted by molar-refractivity contribution is 6.38. The summed E-state index contributed by atoms with van der Waals surface area (Å²) >= 11 is 0. The summed E-state index contributed by atoms with van der Waals surface area (Å²) < 4.78 is 5.63. The number of anilines is 1. The van der Waals surface area contributed by atoms with Gasteiger partial charge in [0.2, 0.25) is 0 Å². The third-order valence-corrected chi connectivity index (χ3v) is 10.1. The number of hydrogen-bond acceptors (Lipinski definition) is 6. The predicted octanol–water partition coefficient (Wildman–Crippen LogP) is 10.1. The number of amides is 2. The molecule has 9 nitrogen and oxygen atoms in total. The Morgan fingerprint density at radius 2 is 1.21 bits per heavy atom. The highest BCUT2D eigenvalue weighted by Crippen LogP contribution is 2.45. The second-order valence-electron chi connectivity index (χ2n) is 14.0. The fraction of sp³-hybridized carbons (Fsp3) is 0.0816. The van der Waals surface area contributed by atoms with Gasteiger partial charge >= 0.3 is 0 Å². The Labute approximate surface area is 336 Å². The minimum atomic E-state index is -0.301. The molecule has 3 N–H and O–H groups in total. The van der Waals surface area contributed by atoms with Gasteiger partial charge in [0.15, 0.2) is 0 Å². The minimum Gasteiger partial charge on any atom is -0.497 e. The first kappa shape index (κ1) is 37.3. The molecule has 3 aromatic heterocycles. The zero-order valence-electron chi connectivity index (χ0n) is 32.5. The van der Waals surface area contributed by atoms with Crippen LogP contribution in [0.15, 0.2) is 157 Å². The number of methoxy groups -OCH3 is 1. The van der Waals surface area contributed by atoms with Crippen molar-refractivity contribution in [1.82, 2.24) is 20.3 Å². The fourth-order valence-corrected chi connectivity index (χ4v) is 7.20. The summed E-state index contributed by atoms with van der Waals surface area (Å²) in [5.74, 6) is 0.854. The van der Waals surface area contributed by atoms with Gasteiger partial charge in [0.05, 0.1) is 41.0 Å². The predicted molar refractivity (Wildman–Crippen MR) is 231 cm³/mol. The van der Waals surface area contributed by atoms with E-state index in [-0.39, 0.29) is 11.8 Å². The van der Waals surface area contributed by atoms with Gasteiger partial charge in [-0.05, 0) is 85.0 Å². The van der Waals surface area contributed by atoms with Crippen LogP contribution in [-0.4, -0.2) is 39.7 Å². The van der Waals surface area contributed by atoms with Crippen molar-refractivity contribution < 1.29 is 14.3 Å². The highest BCUT2D eigenvalue weighted by atomic mass is 16.5. The molecule has 0 atom stereocenters. The first-order chi connectivity index (χ1) is 28.3. The number of rotatable bonds is 9. The first-order valence-corrected chi connectivity index (χ1v) is 18.9. The highest BCUT2D eigenvalue weighted by Gasteiger charge is 2.31. The molecule has 7 aromatic rings. The van der Waals surface area contributed by atoms with Gasteiger partial charge in [-0.25, -0.2) is 4.99 Å². The standard InChI is InChI=1S/C49H40N6O3/c1-30-23-25-50-38(27-30)44-42(33-17-7-5-8-18-33)40(52-46(44)54-48(56)36-21-13-11-15-31(36)2)29-41-43(34-19-9-6-10-20-34)45(39-28-35(58-4)24-26-51-39)47(53-41)55-49(57)37-22-14-12-16-32(37)3/h5-29,52H,1-4H3,(H,54,56)(H,53,55,57). The van der Waals surface area contributed by atoms with E-state index in [0.717, 1.165) is 44.5 Å². The van der Waals surface area contributed by atoms with Gasteiger partial charge in [-0.2, -0.15) is 0 Å². The molecule has 58 heavy (non-hydrogen) atoms. The Kier molecular flexibility index (Phi) is 10.4. The average Bonchev–Trinajstić information content (AvgIpc) is 3.78. The van der Waals surface area contributed by atoms with Gasteiger partial charge in [-0.1, -0.05) is 97.1 Å². The number of allylic oxidation sites excluding steroid dienone is 1. The van der Waals surface area contributed by atoms with E-state index in [1.807, 2.05) is 148 Å². The SMILES string of the molecule is COc1ccnc(C2=C(c3ccccc3)C(=Cc3[nH]c(NC(=O)c4ccccc4C)c(-c4cc(C)ccn4)c3-c3ccccc3)N=C2NC(=O)c2ccccc2C)c1. The Bertz CT molecular complexity index is 2780. The summed E-state index contributed by atoms with van der Waals surface area (Å²) in [4.78, 5) is 46.4. The molecule has 0 saturated heterocycles. The molecule has 0 unspecified atom stereocenters. The number of ether oxygens (including phenoxy) is 1. The topological polar surface area (TPSA) is 121 Å². The van der Waals surface area contributed by atoms with Gasteiger partial charge in [-0.3, -0.25) is 19.6 Å². The second kappa shape index (κ2) is 16.2. The number of hydrogen-bond donors (Lipinski definition) is 3. The number of carbonyl (C=O) groups excluding carboxylic acids is 2. The Hall–Kier alpha value is -7.65. The second-order valence-corrected chi connectivity index (χ2v) is 14.0. The molecule has 0 saturated carbocycles. The molecular weight excluding hydrogens is 721 g/mol. The van der Waals surface area contributed by atoms with Crippen LogP contribution in [0.1, 0.15) is 54.4 Å². The monoisotopic (exact) mass is 760 g/mol. The van der Waals surface area contributed by atoms with E-state index in [1.54, 1.807) is 31.6 Å². The number of aromatic amines is 1. The van der Waals surface area contributed by atoms with Crippen molar-refractivity contribution in [2.24, 2.45) is 4.99 Å². The van der Waals surface area contributed by atoms with Crippen LogP contribution in [0.3, 0.4) is 0 Å². The lowest BCUT2D eigenvalue weighted by molar-refractivity contribution is 0.0975. The van der Waals surface area contributed by atoms with Crippen LogP contribution in [0.5, 0.6) is 5.75 Å². The molecule has 9 heteroatoms. The fourth-order valence-electron chi connectivity index (χ4n) is 7.20. The molecular formula is C49H40N6O3. The molecule has 4 heterocycles. The molecule has 0 fully saturated rings. The zero-order valence-corrected chi connectivity index (χ0v) is 32.5. The largest absolute Gasteiger partial charge is 0.497 e.